The van der Waals surface area contributed by atoms with E-state index in [1.165, 1.54) is 4.31 Å². The summed E-state index contributed by atoms with van der Waals surface area (Å²) in [6.45, 7) is 7.99. The number of hydrogen-bond acceptors (Lipinski definition) is 4. The second kappa shape index (κ2) is 14.0. The molecule has 220 valence electrons. The van der Waals surface area contributed by atoms with Gasteiger partial charge in [-0.1, -0.05) is 71.8 Å². The van der Waals surface area contributed by atoms with Crippen molar-refractivity contribution in [3.8, 4) is 0 Å². The van der Waals surface area contributed by atoms with E-state index < -0.39 is 21.6 Å². The van der Waals surface area contributed by atoms with Crippen LogP contribution in [-0.4, -0.2) is 49.5 Å². The zero-order valence-corrected chi connectivity index (χ0v) is 26.0. The van der Waals surface area contributed by atoms with E-state index in [2.05, 4.69) is 5.32 Å². The second-order valence-corrected chi connectivity index (χ2v) is 13.7. The summed E-state index contributed by atoms with van der Waals surface area (Å²) in [6, 6.07) is 23.3. The van der Waals surface area contributed by atoms with E-state index >= 15 is 0 Å². The van der Waals surface area contributed by atoms with Crippen molar-refractivity contribution in [2.45, 2.75) is 65.1 Å². The van der Waals surface area contributed by atoms with E-state index in [0.29, 0.717) is 17.1 Å². The fourth-order valence-corrected chi connectivity index (χ4v) is 5.60. The van der Waals surface area contributed by atoms with Crippen LogP contribution in [0.5, 0.6) is 0 Å². The Labute approximate surface area is 249 Å². The molecule has 1 atom stereocenters. The van der Waals surface area contributed by atoms with Gasteiger partial charge in [-0.3, -0.25) is 13.9 Å². The molecular formula is C32H40ClN3O4S. The predicted molar refractivity (Wildman–Crippen MR) is 166 cm³/mol. The molecule has 0 bridgehead atoms. The summed E-state index contributed by atoms with van der Waals surface area (Å²) in [5.41, 5.74) is 2.84. The molecule has 3 aromatic rings. The molecule has 0 heterocycles. The summed E-state index contributed by atoms with van der Waals surface area (Å²) in [5.74, 6) is -0.483. The Bertz CT molecular complexity index is 1400. The number of amides is 2. The third-order valence-corrected chi connectivity index (χ3v) is 7.96. The number of nitrogens with one attached hydrogen (secondary N) is 1. The Morgan fingerprint density at radius 3 is 2.07 bits per heavy atom. The van der Waals surface area contributed by atoms with Crippen LogP contribution in [0.1, 0.15) is 50.3 Å². The lowest BCUT2D eigenvalue weighted by atomic mass is 10.00. The van der Waals surface area contributed by atoms with E-state index in [4.69, 9.17) is 11.6 Å². The molecule has 0 saturated carbocycles. The van der Waals surface area contributed by atoms with Gasteiger partial charge in [0, 0.05) is 36.5 Å². The molecule has 0 saturated heterocycles. The lowest BCUT2D eigenvalue weighted by molar-refractivity contribution is -0.142. The first-order valence-electron chi connectivity index (χ1n) is 13.7. The van der Waals surface area contributed by atoms with Crippen molar-refractivity contribution in [2.24, 2.45) is 0 Å². The lowest BCUT2D eigenvalue weighted by Gasteiger charge is -2.34. The molecule has 0 aliphatic heterocycles. The number of rotatable bonds is 12. The fourth-order valence-electron chi connectivity index (χ4n) is 4.51. The summed E-state index contributed by atoms with van der Waals surface area (Å²) in [6.07, 6.45) is 1.85. The molecule has 9 heteroatoms. The predicted octanol–water partition coefficient (Wildman–Crippen LogP) is 5.75. The lowest BCUT2D eigenvalue weighted by Crippen LogP contribution is -2.54. The topological polar surface area (TPSA) is 86.8 Å². The minimum absolute atomic E-state index is 0.0690. The molecule has 0 spiro atoms. The summed E-state index contributed by atoms with van der Waals surface area (Å²) >= 11 is 6.10. The zero-order chi connectivity index (χ0) is 30.2. The molecule has 0 aromatic heterocycles. The van der Waals surface area contributed by atoms with E-state index in [1.54, 1.807) is 29.2 Å². The SMILES string of the molecule is Cc1ccc(N(CCCC(=O)N(Cc2ccc(Cl)cc2)[C@@H](Cc2ccccc2)C(=O)NC(C)(C)C)S(C)(=O)=O)cc1. The Hall–Kier alpha value is -3.36. The van der Waals surface area contributed by atoms with Gasteiger partial charge in [0.25, 0.3) is 0 Å². The first-order chi connectivity index (χ1) is 19.2. The van der Waals surface area contributed by atoms with Crippen molar-refractivity contribution in [1.82, 2.24) is 10.2 Å². The Morgan fingerprint density at radius 2 is 1.51 bits per heavy atom. The maximum atomic E-state index is 13.9. The average molecular weight is 598 g/mol. The number of carbonyl (C=O) groups excluding carboxylic acids is 2. The standard InChI is InChI=1S/C32H40ClN3O4S/c1-24-13-19-28(20-14-24)36(41(5,39)40)21-9-12-30(37)35(23-26-15-17-27(33)18-16-26)29(31(38)34-32(2,3)4)22-25-10-7-6-8-11-25/h6-8,10-11,13-20,29H,9,12,21-23H2,1-5H3,(H,34,38)/t29-/m0/s1. The van der Waals surface area contributed by atoms with Gasteiger partial charge in [0.2, 0.25) is 21.8 Å². The van der Waals surface area contributed by atoms with Crippen molar-refractivity contribution in [2.75, 3.05) is 17.1 Å². The van der Waals surface area contributed by atoms with Crippen molar-refractivity contribution < 1.29 is 18.0 Å². The first-order valence-corrected chi connectivity index (χ1v) is 15.9. The molecule has 0 unspecified atom stereocenters. The van der Waals surface area contributed by atoms with Gasteiger partial charge < -0.3 is 10.2 Å². The molecule has 41 heavy (non-hydrogen) atoms. The third-order valence-electron chi connectivity index (χ3n) is 6.51. The number of anilines is 1. The largest absolute Gasteiger partial charge is 0.350 e. The number of sulfonamides is 1. The van der Waals surface area contributed by atoms with Crippen LogP contribution in [0.15, 0.2) is 78.9 Å². The molecular weight excluding hydrogens is 558 g/mol. The average Bonchev–Trinajstić information content (AvgIpc) is 2.89. The molecule has 0 radical (unpaired) electrons. The fraction of sp³-hybridized carbons (Fsp3) is 0.375. The van der Waals surface area contributed by atoms with Crippen LogP contribution in [0.2, 0.25) is 5.02 Å². The minimum Gasteiger partial charge on any atom is -0.350 e. The van der Waals surface area contributed by atoms with Gasteiger partial charge in [0.1, 0.15) is 6.04 Å². The van der Waals surface area contributed by atoms with E-state index in [0.717, 1.165) is 22.9 Å². The van der Waals surface area contributed by atoms with Crippen LogP contribution in [0.4, 0.5) is 5.69 Å². The maximum absolute atomic E-state index is 13.9. The molecule has 0 fully saturated rings. The molecule has 3 aromatic carbocycles. The van der Waals surface area contributed by atoms with Crippen molar-refractivity contribution in [1.29, 1.82) is 0 Å². The van der Waals surface area contributed by atoms with Crippen LogP contribution in [-0.2, 0) is 32.6 Å². The maximum Gasteiger partial charge on any atom is 0.243 e. The Kier molecular flexibility index (Phi) is 11.0. The third kappa shape index (κ3) is 10.2. The van der Waals surface area contributed by atoms with Gasteiger partial charge >= 0.3 is 0 Å². The van der Waals surface area contributed by atoms with Crippen LogP contribution in [0.25, 0.3) is 0 Å². The van der Waals surface area contributed by atoms with E-state index in [-0.39, 0.29) is 37.7 Å². The molecule has 3 rings (SSSR count). The van der Waals surface area contributed by atoms with Crippen LogP contribution < -0.4 is 9.62 Å². The van der Waals surface area contributed by atoms with Crippen LogP contribution >= 0.6 is 11.6 Å². The highest BCUT2D eigenvalue weighted by atomic mass is 35.5. The van der Waals surface area contributed by atoms with Gasteiger partial charge in [0.05, 0.1) is 11.9 Å². The molecule has 0 aliphatic carbocycles. The first kappa shape index (κ1) is 32.2. The quantitative estimate of drug-likeness (QED) is 0.288. The normalized spacial score (nSPS) is 12.4. The minimum atomic E-state index is -3.56. The number of carbonyl (C=O) groups is 2. The number of nitrogens with zero attached hydrogens (tertiary/aromatic N) is 2. The smallest absolute Gasteiger partial charge is 0.243 e. The van der Waals surface area contributed by atoms with E-state index in [9.17, 15) is 18.0 Å². The summed E-state index contributed by atoms with van der Waals surface area (Å²) in [4.78, 5) is 29.2. The summed E-state index contributed by atoms with van der Waals surface area (Å²) < 4.78 is 26.5. The molecule has 0 aliphatic rings. The van der Waals surface area contributed by atoms with Gasteiger partial charge in [-0.25, -0.2) is 8.42 Å². The number of aryl methyl sites for hydroxylation is 1. The van der Waals surface area contributed by atoms with Crippen LogP contribution in [0, 0.1) is 6.92 Å². The van der Waals surface area contributed by atoms with Crippen molar-refractivity contribution in [3.05, 3.63) is 101 Å². The van der Waals surface area contributed by atoms with E-state index in [1.807, 2.05) is 82.3 Å². The van der Waals surface area contributed by atoms with Crippen molar-refractivity contribution >= 4 is 39.1 Å². The van der Waals surface area contributed by atoms with Gasteiger partial charge in [-0.05, 0) is 69.5 Å². The monoisotopic (exact) mass is 597 g/mol. The van der Waals surface area contributed by atoms with Crippen LogP contribution in [0.3, 0.4) is 0 Å². The highest BCUT2D eigenvalue weighted by Crippen LogP contribution is 2.21. The molecule has 7 nitrogen and oxygen atoms in total. The van der Waals surface area contributed by atoms with Crippen molar-refractivity contribution in [3.63, 3.8) is 0 Å². The number of benzene rings is 3. The highest BCUT2D eigenvalue weighted by Gasteiger charge is 2.32. The Morgan fingerprint density at radius 1 is 0.902 bits per heavy atom. The Balaban J connectivity index is 1.89. The van der Waals surface area contributed by atoms with Gasteiger partial charge in [0.15, 0.2) is 0 Å². The molecule has 1 N–H and O–H groups in total. The van der Waals surface area contributed by atoms with Gasteiger partial charge in [-0.15, -0.1) is 0 Å². The van der Waals surface area contributed by atoms with Gasteiger partial charge in [-0.2, -0.15) is 0 Å². The zero-order valence-electron chi connectivity index (χ0n) is 24.4. The number of hydrogen-bond donors (Lipinski definition) is 1. The second-order valence-electron chi connectivity index (χ2n) is 11.4. The number of halogens is 1. The summed E-state index contributed by atoms with van der Waals surface area (Å²) in [5, 5.41) is 3.63. The molecule has 2 amide bonds. The summed E-state index contributed by atoms with van der Waals surface area (Å²) in [7, 11) is -3.56. The highest BCUT2D eigenvalue weighted by molar-refractivity contribution is 7.92.